The number of carbonyl (C=O) groups excluding carboxylic acids is 3. The van der Waals surface area contributed by atoms with Gasteiger partial charge in [0.15, 0.2) is 6.10 Å². The van der Waals surface area contributed by atoms with Crippen molar-refractivity contribution in [2.75, 3.05) is 19.0 Å². The van der Waals surface area contributed by atoms with Crippen LogP contribution in [-0.4, -0.2) is 45.9 Å². The Labute approximate surface area is 199 Å². The first kappa shape index (κ1) is 27.0. The molecule has 2 atom stereocenters. The molecule has 0 fully saturated rings. The molecule has 34 heavy (non-hydrogen) atoms. The van der Waals surface area contributed by atoms with E-state index in [4.69, 9.17) is 13.7 Å². The summed E-state index contributed by atoms with van der Waals surface area (Å²) in [5.74, 6) is -1.69. The summed E-state index contributed by atoms with van der Waals surface area (Å²) < 4.78 is 40.6. The molecule has 0 aliphatic heterocycles. The van der Waals surface area contributed by atoms with Crippen molar-refractivity contribution < 1.29 is 36.5 Å². The van der Waals surface area contributed by atoms with Crippen LogP contribution in [0.15, 0.2) is 59.5 Å². The zero-order valence-electron chi connectivity index (χ0n) is 19.4. The highest BCUT2D eigenvalue weighted by atomic mass is 32.2. The first-order valence-electron chi connectivity index (χ1n) is 10.7. The van der Waals surface area contributed by atoms with Crippen LogP contribution in [0.25, 0.3) is 0 Å². The van der Waals surface area contributed by atoms with E-state index in [2.05, 4.69) is 5.32 Å². The van der Waals surface area contributed by atoms with Crippen molar-refractivity contribution in [3.8, 4) is 5.75 Å². The molecule has 0 heterocycles. The molecule has 0 radical (unpaired) electrons. The van der Waals surface area contributed by atoms with Crippen LogP contribution in [0.2, 0.25) is 0 Å². The van der Waals surface area contributed by atoms with Crippen molar-refractivity contribution in [2.24, 2.45) is 5.92 Å². The highest BCUT2D eigenvalue weighted by Gasteiger charge is 2.24. The second-order valence-electron chi connectivity index (χ2n) is 7.59. The summed E-state index contributed by atoms with van der Waals surface area (Å²) in [4.78, 5) is 36.1. The standard InChI is InChI=1S/C24H29NO8S/c1-17(26)19(10-9-15-32-24(28)18(2)31-3)16-23(27)25-21-13-7-8-14-22(21)34(29,30)33-20-11-5-4-6-12-20/h4-8,11-14,18-19H,9-10,15-16H2,1-3H3,(H,25,27). The number of benzene rings is 2. The number of hydrogen-bond donors (Lipinski definition) is 1. The Kier molecular flexibility index (Phi) is 10.2. The molecule has 2 aromatic rings. The molecule has 0 spiro atoms. The molecule has 0 bridgehead atoms. The Morgan fingerprint density at radius 2 is 1.65 bits per heavy atom. The van der Waals surface area contributed by atoms with E-state index in [9.17, 15) is 22.8 Å². The van der Waals surface area contributed by atoms with Gasteiger partial charge in [-0.25, -0.2) is 4.79 Å². The lowest BCUT2D eigenvalue weighted by Crippen LogP contribution is -2.24. The summed E-state index contributed by atoms with van der Waals surface area (Å²) in [5.41, 5.74) is 0.0493. The third-order valence-corrected chi connectivity index (χ3v) is 6.32. The molecule has 0 saturated heterocycles. The van der Waals surface area contributed by atoms with Gasteiger partial charge in [0, 0.05) is 19.4 Å². The molecular weight excluding hydrogens is 462 g/mol. The van der Waals surface area contributed by atoms with E-state index < -0.39 is 34.0 Å². The third kappa shape index (κ3) is 8.27. The molecule has 1 N–H and O–H groups in total. The molecule has 9 nitrogen and oxygen atoms in total. The molecule has 0 aromatic heterocycles. The zero-order chi connectivity index (χ0) is 25.1. The molecule has 2 unspecified atom stereocenters. The minimum absolute atomic E-state index is 0.0493. The van der Waals surface area contributed by atoms with Crippen LogP contribution < -0.4 is 9.50 Å². The van der Waals surface area contributed by atoms with Crippen LogP contribution in [0.4, 0.5) is 5.69 Å². The fourth-order valence-electron chi connectivity index (χ4n) is 3.03. The summed E-state index contributed by atoms with van der Waals surface area (Å²) >= 11 is 0. The SMILES string of the molecule is COC(C)C(=O)OCCCC(CC(=O)Nc1ccccc1S(=O)(=O)Oc1ccccc1)C(C)=O. The number of rotatable bonds is 13. The van der Waals surface area contributed by atoms with Crippen LogP contribution >= 0.6 is 0 Å². The predicted octanol–water partition coefficient (Wildman–Crippen LogP) is 3.35. The highest BCUT2D eigenvalue weighted by molar-refractivity contribution is 7.87. The largest absolute Gasteiger partial charge is 0.464 e. The molecule has 10 heteroatoms. The van der Waals surface area contributed by atoms with Crippen LogP contribution in [0.3, 0.4) is 0 Å². The van der Waals surface area contributed by atoms with Crippen LogP contribution in [-0.2, 0) is 34.0 Å². The first-order valence-corrected chi connectivity index (χ1v) is 12.1. The van der Waals surface area contributed by atoms with E-state index in [1.165, 1.54) is 44.4 Å². The monoisotopic (exact) mass is 491 g/mol. The van der Waals surface area contributed by atoms with Gasteiger partial charge in [-0.1, -0.05) is 30.3 Å². The Hall–Kier alpha value is -3.24. The molecule has 1 amide bonds. The van der Waals surface area contributed by atoms with Gasteiger partial charge in [-0.3, -0.25) is 9.59 Å². The van der Waals surface area contributed by atoms with Crippen LogP contribution in [0, 0.1) is 5.92 Å². The van der Waals surface area contributed by atoms with Gasteiger partial charge in [0.05, 0.1) is 12.3 Å². The predicted molar refractivity (Wildman–Crippen MR) is 125 cm³/mol. The average molecular weight is 492 g/mol. The second-order valence-corrected chi connectivity index (χ2v) is 9.11. The Morgan fingerprint density at radius 1 is 1.00 bits per heavy atom. The lowest BCUT2D eigenvalue weighted by atomic mass is 9.95. The molecule has 2 rings (SSSR count). The molecule has 0 saturated carbocycles. The summed E-state index contributed by atoms with van der Waals surface area (Å²) in [6.45, 7) is 3.03. The van der Waals surface area contributed by atoms with E-state index in [-0.39, 0.29) is 35.1 Å². The van der Waals surface area contributed by atoms with Crippen molar-refractivity contribution in [3.63, 3.8) is 0 Å². The van der Waals surface area contributed by atoms with E-state index in [0.29, 0.717) is 12.8 Å². The number of ketones is 1. The van der Waals surface area contributed by atoms with Gasteiger partial charge in [-0.15, -0.1) is 0 Å². The van der Waals surface area contributed by atoms with Crippen molar-refractivity contribution in [2.45, 2.75) is 44.1 Å². The smallest absolute Gasteiger partial charge is 0.341 e. The lowest BCUT2D eigenvalue weighted by molar-refractivity contribution is -0.154. The fourth-order valence-corrected chi connectivity index (χ4v) is 4.11. The average Bonchev–Trinajstić information content (AvgIpc) is 2.80. The Balaban J connectivity index is 2.00. The maximum Gasteiger partial charge on any atom is 0.341 e. The van der Waals surface area contributed by atoms with Crippen molar-refractivity contribution in [1.29, 1.82) is 0 Å². The van der Waals surface area contributed by atoms with Gasteiger partial charge >= 0.3 is 16.1 Å². The Morgan fingerprint density at radius 3 is 2.29 bits per heavy atom. The number of carbonyl (C=O) groups is 3. The van der Waals surface area contributed by atoms with Gasteiger partial charge in [0.2, 0.25) is 5.91 Å². The maximum atomic E-state index is 12.8. The number of esters is 1. The molecule has 0 aliphatic rings. The summed E-state index contributed by atoms with van der Waals surface area (Å²) in [7, 11) is -2.81. The summed E-state index contributed by atoms with van der Waals surface area (Å²) in [6, 6.07) is 13.9. The highest BCUT2D eigenvalue weighted by Crippen LogP contribution is 2.25. The minimum atomic E-state index is -4.21. The third-order valence-electron chi connectivity index (χ3n) is 5.01. The number of Topliss-reactive ketones (excluding diaryl/α,β-unsaturated/α-hetero) is 1. The number of para-hydroxylation sites is 2. The van der Waals surface area contributed by atoms with Gasteiger partial charge in [-0.2, -0.15) is 8.42 Å². The number of methoxy groups -OCH3 is 1. The quantitative estimate of drug-likeness (QED) is 0.257. The Bertz CT molecular complexity index is 1090. The maximum absolute atomic E-state index is 12.8. The van der Waals surface area contributed by atoms with Gasteiger partial charge in [0.25, 0.3) is 0 Å². The minimum Gasteiger partial charge on any atom is -0.464 e. The number of ether oxygens (including phenoxy) is 2. The van der Waals surface area contributed by atoms with E-state index in [0.717, 1.165) is 0 Å². The van der Waals surface area contributed by atoms with Crippen molar-refractivity contribution in [3.05, 3.63) is 54.6 Å². The molecule has 184 valence electrons. The van der Waals surface area contributed by atoms with E-state index >= 15 is 0 Å². The molecular formula is C24H29NO8S. The van der Waals surface area contributed by atoms with Crippen molar-refractivity contribution in [1.82, 2.24) is 0 Å². The normalized spacial score (nSPS) is 12.9. The number of nitrogens with one attached hydrogen (secondary N) is 1. The topological polar surface area (TPSA) is 125 Å². The molecule has 0 aliphatic carbocycles. The summed E-state index contributed by atoms with van der Waals surface area (Å²) in [5, 5.41) is 2.57. The van der Waals surface area contributed by atoms with Gasteiger partial charge < -0.3 is 19.0 Å². The molecule has 2 aromatic carbocycles. The van der Waals surface area contributed by atoms with E-state index in [1.54, 1.807) is 31.2 Å². The van der Waals surface area contributed by atoms with Crippen LogP contribution in [0.1, 0.15) is 33.1 Å². The van der Waals surface area contributed by atoms with Gasteiger partial charge in [-0.05, 0) is 51.0 Å². The van der Waals surface area contributed by atoms with Crippen molar-refractivity contribution >= 4 is 33.5 Å². The number of amides is 1. The number of hydrogen-bond acceptors (Lipinski definition) is 8. The number of anilines is 1. The summed E-state index contributed by atoms with van der Waals surface area (Å²) in [6.07, 6.45) is -0.119. The first-order chi connectivity index (χ1) is 16.1. The lowest BCUT2D eigenvalue weighted by Gasteiger charge is -2.16. The van der Waals surface area contributed by atoms with E-state index in [1.807, 2.05) is 0 Å². The second kappa shape index (κ2) is 12.9. The van der Waals surface area contributed by atoms with Crippen LogP contribution in [0.5, 0.6) is 5.75 Å². The zero-order valence-corrected chi connectivity index (χ0v) is 20.2. The van der Waals surface area contributed by atoms with Gasteiger partial charge in [0.1, 0.15) is 16.4 Å². The fraction of sp³-hybridized carbons (Fsp3) is 0.375.